The first kappa shape index (κ1) is 19.1. The van der Waals surface area contributed by atoms with E-state index in [0.717, 1.165) is 0 Å². The van der Waals surface area contributed by atoms with Crippen LogP contribution in [0, 0.1) is 5.82 Å². The van der Waals surface area contributed by atoms with Gasteiger partial charge in [-0.3, -0.25) is 9.59 Å². The number of carbonyl (C=O) groups is 2. The van der Waals surface area contributed by atoms with Crippen molar-refractivity contribution in [1.29, 1.82) is 0 Å². The lowest BCUT2D eigenvalue weighted by Gasteiger charge is -2.12. The Morgan fingerprint density at radius 3 is 2.11 bits per heavy atom. The van der Waals surface area contributed by atoms with Crippen LogP contribution in [0.25, 0.3) is 0 Å². The predicted octanol–water partition coefficient (Wildman–Crippen LogP) is 4.73. The van der Waals surface area contributed by atoms with Gasteiger partial charge in [0.2, 0.25) is 0 Å². The van der Waals surface area contributed by atoms with Gasteiger partial charge < -0.3 is 15.4 Å². The highest BCUT2D eigenvalue weighted by molar-refractivity contribution is 6.12. The van der Waals surface area contributed by atoms with Crippen LogP contribution in [0.1, 0.15) is 27.6 Å². The molecule has 0 aliphatic rings. The van der Waals surface area contributed by atoms with Crippen LogP contribution in [0.15, 0.2) is 72.8 Å². The number of benzene rings is 3. The molecule has 0 atom stereocenters. The van der Waals surface area contributed by atoms with Crippen molar-refractivity contribution >= 4 is 23.2 Å². The van der Waals surface area contributed by atoms with Gasteiger partial charge >= 0.3 is 0 Å². The lowest BCUT2D eigenvalue weighted by atomic mass is 10.1. The van der Waals surface area contributed by atoms with Crippen molar-refractivity contribution in [3.8, 4) is 5.75 Å². The molecular formula is C22H19FN2O3. The molecule has 0 fully saturated rings. The Morgan fingerprint density at radius 2 is 1.43 bits per heavy atom. The van der Waals surface area contributed by atoms with Crippen LogP contribution in [0.2, 0.25) is 0 Å². The molecule has 0 saturated heterocycles. The summed E-state index contributed by atoms with van der Waals surface area (Å²) in [6, 6.07) is 19.2. The van der Waals surface area contributed by atoms with Crippen LogP contribution < -0.4 is 15.4 Å². The molecule has 0 aliphatic carbocycles. The summed E-state index contributed by atoms with van der Waals surface area (Å²) in [7, 11) is 0. The molecule has 3 aromatic rings. The maximum Gasteiger partial charge on any atom is 0.258 e. The predicted molar refractivity (Wildman–Crippen MR) is 106 cm³/mol. The minimum Gasteiger partial charge on any atom is -0.494 e. The topological polar surface area (TPSA) is 67.4 Å². The number of ether oxygens (including phenoxy) is 1. The molecule has 6 heteroatoms. The summed E-state index contributed by atoms with van der Waals surface area (Å²) in [5, 5.41) is 5.37. The normalized spacial score (nSPS) is 10.2. The average Bonchev–Trinajstić information content (AvgIpc) is 2.70. The zero-order valence-electron chi connectivity index (χ0n) is 15.2. The highest BCUT2D eigenvalue weighted by Crippen LogP contribution is 2.20. The zero-order chi connectivity index (χ0) is 19.9. The molecule has 28 heavy (non-hydrogen) atoms. The van der Waals surface area contributed by atoms with E-state index in [1.807, 2.05) is 6.92 Å². The number of halogens is 1. The number of hydrogen-bond acceptors (Lipinski definition) is 3. The van der Waals surface area contributed by atoms with Gasteiger partial charge in [0.15, 0.2) is 0 Å². The number of hydrogen-bond donors (Lipinski definition) is 2. The number of para-hydroxylation sites is 1. The molecule has 0 spiro atoms. The largest absolute Gasteiger partial charge is 0.494 e. The van der Waals surface area contributed by atoms with E-state index in [2.05, 4.69) is 10.6 Å². The van der Waals surface area contributed by atoms with E-state index >= 15 is 0 Å². The van der Waals surface area contributed by atoms with Crippen molar-refractivity contribution in [1.82, 2.24) is 0 Å². The molecule has 3 rings (SSSR count). The summed E-state index contributed by atoms with van der Waals surface area (Å²) >= 11 is 0. The summed E-state index contributed by atoms with van der Waals surface area (Å²) in [4.78, 5) is 25.0. The van der Waals surface area contributed by atoms with Gasteiger partial charge in [-0.25, -0.2) is 4.39 Å². The summed E-state index contributed by atoms with van der Waals surface area (Å²) in [6.07, 6.45) is 0. The third-order valence-electron chi connectivity index (χ3n) is 3.96. The summed E-state index contributed by atoms with van der Waals surface area (Å²) in [5.41, 5.74) is 1.05. The molecule has 0 heterocycles. The molecule has 0 unspecified atom stereocenters. The molecule has 3 aromatic carbocycles. The van der Waals surface area contributed by atoms with Crippen LogP contribution >= 0.6 is 0 Å². The Hall–Kier alpha value is -3.67. The SMILES string of the molecule is CCOc1ccc(NC(=O)c2ccccc2NC(=O)c2ccccc2F)cc1. The second kappa shape index (κ2) is 8.81. The van der Waals surface area contributed by atoms with Crippen LogP contribution in [-0.4, -0.2) is 18.4 Å². The van der Waals surface area contributed by atoms with Crippen molar-refractivity contribution < 1.29 is 18.7 Å². The first-order valence-electron chi connectivity index (χ1n) is 8.77. The first-order chi connectivity index (χ1) is 13.6. The fraction of sp³-hybridized carbons (Fsp3) is 0.0909. The van der Waals surface area contributed by atoms with Gasteiger partial charge in [0.05, 0.1) is 23.4 Å². The number of rotatable bonds is 6. The molecule has 0 radical (unpaired) electrons. The maximum absolute atomic E-state index is 13.8. The van der Waals surface area contributed by atoms with E-state index in [9.17, 15) is 14.0 Å². The smallest absolute Gasteiger partial charge is 0.258 e. The van der Waals surface area contributed by atoms with Crippen LogP contribution in [0.4, 0.5) is 15.8 Å². The summed E-state index contributed by atoms with van der Waals surface area (Å²) in [5.74, 6) is -0.942. The number of carbonyl (C=O) groups excluding carboxylic acids is 2. The second-order valence-corrected chi connectivity index (χ2v) is 5.89. The molecule has 0 bridgehead atoms. The van der Waals surface area contributed by atoms with Gasteiger partial charge in [0.25, 0.3) is 11.8 Å². The lowest BCUT2D eigenvalue weighted by Crippen LogP contribution is -2.19. The van der Waals surface area contributed by atoms with E-state index in [1.54, 1.807) is 54.6 Å². The lowest BCUT2D eigenvalue weighted by molar-refractivity contribution is 0.102. The van der Waals surface area contributed by atoms with Crippen LogP contribution in [-0.2, 0) is 0 Å². The first-order valence-corrected chi connectivity index (χ1v) is 8.77. The van der Waals surface area contributed by atoms with Crippen LogP contribution in [0.3, 0.4) is 0 Å². The van der Waals surface area contributed by atoms with Gasteiger partial charge in [-0.1, -0.05) is 24.3 Å². The van der Waals surface area contributed by atoms with Crippen molar-refractivity contribution in [3.05, 3.63) is 89.7 Å². The Morgan fingerprint density at radius 1 is 0.821 bits per heavy atom. The Balaban J connectivity index is 1.76. The molecule has 2 amide bonds. The quantitative estimate of drug-likeness (QED) is 0.652. The number of nitrogens with one attached hydrogen (secondary N) is 2. The number of amides is 2. The third kappa shape index (κ3) is 4.54. The Bertz CT molecular complexity index is 987. The monoisotopic (exact) mass is 378 g/mol. The van der Waals surface area contributed by atoms with Gasteiger partial charge in [-0.2, -0.15) is 0 Å². The fourth-order valence-electron chi connectivity index (χ4n) is 2.62. The average molecular weight is 378 g/mol. The summed E-state index contributed by atoms with van der Waals surface area (Å²) < 4.78 is 19.2. The Kier molecular flexibility index (Phi) is 6.01. The number of anilines is 2. The molecule has 0 saturated carbocycles. The molecule has 2 N–H and O–H groups in total. The molecular weight excluding hydrogens is 359 g/mol. The third-order valence-corrected chi connectivity index (χ3v) is 3.96. The van der Waals surface area contributed by atoms with Crippen molar-refractivity contribution in [3.63, 3.8) is 0 Å². The van der Waals surface area contributed by atoms with E-state index in [4.69, 9.17) is 4.74 Å². The second-order valence-electron chi connectivity index (χ2n) is 5.89. The maximum atomic E-state index is 13.8. The van der Waals surface area contributed by atoms with Crippen molar-refractivity contribution in [2.75, 3.05) is 17.2 Å². The zero-order valence-corrected chi connectivity index (χ0v) is 15.2. The Labute approximate surface area is 162 Å². The fourth-order valence-corrected chi connectivity index (χ4v) is 2.62. The van der Waals surface area contributed by atoms with E-state index < -0.39 is 17.6 Å². The van der Waals surface area contributed by atoms with E-state index in [-0.39, 0.29) is 11.1 Å². The van der Waals surface area contributed by atoms with Crippen molar-refractivity contribution in [2.24, 2.45) is 0 Å². The van der Waals surface area contributed by atoms with Gasteiger partial charge in [-0.05, 0) is 55.5 Å². The van der Waals surface area contributed by atoms with Gasteiger partial charge in [-0.15, -0.1) is 0 Å². The molecule has 5 nitrogen and oxygen atoms in total. The highest BCUT2D eigenvalue weighted by Gasteiger charge is 2.16. The summed E-state index contributed by atoms with van der Waals surface area (Å²) in [6.45, 7) is 2.45. The molecule has 0 aromatic heterocycles. The van der Waals surface area contributed by atoms with Gasteiger partial charge in [0, 0.05) is 5.69 Å². The van der Waals surface area contributed by atoms with E-state index in [1.165, 1.54) is 18.2 Å². The standard InChI is InChI=1S/C22H19FN2O3/c1-2-28-16-13-11-15(12-14-16)24-22(27)18-8-4-6-10-20(18)25-21(26)17-7-3-5-9-19(17)23/h3-14H,2H2,1H3,(H,24,27)(H,25,26). The minimum atomic E-state index is -0.628. The molecule has 142 valence electrons. The van der Waals surface area contributed by atoms with Gasteiger partial charge in [0.1, 0.15) is 11.6 Å². The van der Waals surface area contributed by atoms with Crippen molar-refractivity contribution in [2.45, 2.75) is 6.92 Å². The van der Waals surface area contributed by atoms with Crippen LogP contribution in [0.5, 0.6) is 5.75 Å². The molecule has 0 aliphatic heterocycles. The highest BCUT2D eigenvalue weighted by atomic mass is 19.1. The minimum absolute atomic E-state index is 0.0933. The van der Waals surface area contributed by atoms with E-state index in [0.29, 0.717) is 23.7 Å².